The van der Waals surface area contributed by atoms with Crippen LogP contribution in [0.3, 0.4) is 0 Å². The minimum Gasteiger partial charge on any atom is -0.394 e. The Hall–Kier alpha value is -0.640. The highest BCUT2D eigenvalue weighted by Crippen LogP contribution is 2.37. The van der Waals surface area contributed by atoms with Gasteiger partial charge in [-0.25, -0.2) is 0 Å². The minimum atomic E-state index is -2.36. The fraction of sp³-hybridized carbons (Fsp3) is 1.00. The van der Waals surface area contributed by atoms with Gasteiger partial charge in [-0.2, -0.15) is 0 Å². The zero-order valence-electron chi connectivity index (χ0n) is 17.8. The maximum Gasteiger partial charge on any atom is 0.224 e. The monoisotopic (exact) mass is 504 g/mol. The topological polar surface area (TPSA) is 269 Å². The predicted octanol–water partition coefficient (Wildman–Crippen LogP) is -7.57. The van der Waals surface area contributed by atoms with E-state index >= 15 is 0 Å². The lowest BCUT2D eigenvalue weighted by Crippen LogP contribution is -2.66. The van der Waals surface area contributed by atoms with Gasteiger partial charge >= 0.3 is 0 Å². The van der Waals surface area contributed by atoms with Gasteiger partial charge in [0.1, 0.15) is 73.8 Å². The fourth-order valence-electron chi connectivity index (χ4n) is 4.12. The van der Waals surface area contributed by atoms with Crippen LogP contribution in [-0.2, 0) is 23.7 Å². The molecule has 0 unspecified atom stereocenters. The van der Waals surface area contributed by atoms with Crippen LogP contribution in [0.25, 0.3) is 0 Å². The van der Waals surface area contributed by atoms with Crippen LogP contribution in [0.4, 0.5) is 0 Å². The lowest BCUT2D eigenvalue weighted by atomic mass is 9.97. The largest absolute Gasteiger partial charge is 0.394 e. The molecule has 0 aliphatic carbocycles. The fourth-order valence-corrected chi connectivity index (χ4v) is 4.12. The van der Waals surface area contributed by atoms with Crippen molar-refractivity contribution in [3.63, 3.8) is 0 Å². The maximum atomic E-state index is 10.6. The molecule has 34 heavy (non-hydrogen) atoms. The lowest BCUT2D eigenvalue weighted by Gasteiger charge is -2.47. The molecule has 0 bridgehead atoms. The van der Waals surface area contributed by atoms with Gasteiger partial charge in [-0.05, 0) is 0 Å². The molecule has 0 saturated carbocycles. The molecule has 16 nitrogen and oxygen atoms in total. The van der Waals surface area contributed by atoms with E-state index in [-0.39, 0.29) is 0 Å². The molecule has 3 heterocycles. The standard InChI is InChI=1S/C18H32O16/c19-1-5-8(23)10(25)12(27)16(30-5)32-14-7(3-21)31-17(13(28)11(14)26)34-18(4-22)15(29)9(24)6(2-20)33-18/h5-17,19-29H,1-4H2/t5-,6-,7-,8-,9-,10+,11-,12-,13-,14-,15+,16+,17-,18+/m1/s1. The van der Waals surface area contributed by atoms with Crippen molar-refractivity contribution < 1.29 is 79.9 Å². The third kappa shape index (κ3) is 4.96. The summed E-state index contributed by atoms with van der Waals surface area (Å²) in [5.74, 6) is -2.36. The molecule has 14 atom stereocenters. The maximum absolute atomic E-state index is 10.6. The molecule has 200 valence electrons. The highest BCUT2D eigenvalue weighted by Gasteiger charge is 2.59. The SMILES string of the molecule is OC[C@H]1O[C@@](CO)(O[C@H]2O[C@H](CO)[C@@H](O[C@@H]3O[C@H](CO)[C@@H](O)[C@H](O)[C@H]3O)[C@H](O)[C@H]2O)[C@@H](O)[C@@H]1O. The van der Waals surface area contributed by atoms with Gasteiger partial charge in [0.15, 0.2) is 12.6 Å². The number of hydrogen-bond donors (Lipinski definition) is 11. The molecule has 0 spiro atoms. The Labute approximate surface area is 192 Å². The molecule has 3 aliphatic heterocycles. The molecule has 11 N–H and O–H groups in total. The van der Waals surface area contributed by atoms with E-state index in [1.54, 1.807) is 0 Å². The quantitative estimate of drug-likeness (QED) is 0.146. The molecule has 0 aromatic rings. The van der Waals surface area contributed by atoms with E-state index in [1.165, 1.54) is 0 Å². The number of aliphatic hydroxyl groups is 11. The van der Waals surface area contributed by atoms with Crippen LogP contribution in [-0.4, -0.2) is 168 Å². The minimum absolute atomic E-state index is 0.742. The second-order valence-corrected chi connectivity index (χ2v) is 8.37. The first kappa shape index (κ1) is 27.9. The average Bonchev–Trinajstić information content (AvgIpc) is 3.08. The van der Waals surface area contributed by atoms with Crippen LogP contribution < -0.4 is 0 Å². The molecular formula is C18H32O16. The van der Waals surface area contributed by atoms with Crippen LogP contribution in [0.1, 0.15) is 0 Å². The molecule has 16 heteroatoms. The first-order chi connectivity index (χ1) is 16.0. The van der Waals surface area contributed by atoms with Gasteiger partial charge in [0.05, 0.1) is 19.8 Å². The number of hydrogen-bond acceptors (Lipinski definition) is 16. The summed E-state index contributed by atoms with van der Waals surface area (Å²) in [6, 6.07) is 0. The Morgan fingerprint density at radius 3 is 1.68 bits per heavy atom. The van der Waals surface area contributed by atoms with Gasteiger partial charge in [0, 0.05) is 0 Å². The predicted molar refractivity (Wildman–Crippen MR) is 101 cm³/mol. The molecule has 3 rings (SSSR count). The van der Waals surface area contributed by atoms with Gasteiger partial charge in [-0.3, -0.25) is 0 Å². The molecule has 0 aromatic carbocycles. The smallest absolute Gasteiger partial charge is 0.224 e. The van der Waals surface area contributed by atoms with Crippen molar-refractivity contribution >= 4 is 0 Å². The summed E-state index contributed by atoms with van der Waals surface area (Å²) in [6.45, 7) is -3.39. The Morgan fingerprint density at radius 2 is 1.15 bits per heavy atom. The Bertz CT molecular complexity index is 651. The first-order valence-corrected chi connectivity index (χ1v) is 10.6. The molecular weight excluding hydrogens is 472 g/mol. The van der Waals surface area contributed by atoms with Crippen LogP contribution in [0.5, 0.6) is 0 Å². The van der Waals surface area contributed by atoms with E-state index in [0.29, 0.717) is 0 Å². The summed E-state index contributed by atoms with van der Waals surface area (Å²) < 4.78 is 26.6. The zero-order valence-corrected chi connectivity index (χ0v) is 17.8. The van der Waals surface area contributed by atoms with E-state index in [2.05, 4.69) is 0 Å². The van der Waals surface area contributed by atoms with E-state index in [4.69, 9.17) is 23.7 Å². The van der Waals surface area contributed by atoms with E-state index in [0.717, 1.165) is 0 Å². The van der Waals surface area contributed by atoms with Crippen molar-refractivity contribution in [2.45, 2.75) is 85.5 Å². The Kier molecular flexibility index (Phi) is 9.18. The van der Waals surface area contributed by atoms with Crippen LogP contribution >= 0.6 is 0 Å². The van der Waals surface area contributed by atoms with Crippen molar-refractivity contribution in [3.05, 3.63) is 0 Å². The van der Waals surface area contributed by atoms with Gasteiger partial charge in [-0.15, -0.1) is 0 Å². The summed E-state index contributed by atoms with van der Waals surface area (Å²) in [6.07, 6.45) is -22.0. The second-order valence-electron chi connectivity index (χ2n) is 8.37. The molecule has 0 amide bonds. The highest BCUT2D eigenvalue weighted by atomic mass is 16.8. The van der Waals surface area contributed by atoms with Crippen LogP contribution in [0.15, 0.2) is 0 Å². The Morgan fingerprint density at radius 1 is 0.588 bits per heavy atom. The van der Waals surface area contributed by atoms with E-state index in [9.17, 15) is 56.2 Å². The van der Waals surface area contributed by atoms with Crippen molar-refractivity contribution in [1.82, 2.24) is 0 Å². The number of rotatable bonds is 8. The molecule has 0 aromatic heterocycles. The molecule has 3 fully saturated rings. The van der Waals surface area contributed by atoms with Gasteiger partial charge < -0.3 is 79.9 Å². The molecule has 3 saturated heterocycles. The van der Waals surface area contributed by atoms with Crippen molar-refractivity contribution in [1.29, 1.82) is 0 Å². The summed E-state index contributed by atoms with van der Waals surface area (Å²) in [5.41, 5.74) is 0. The van der Waals surface area contributed by atoms with Gasteiger partial charge in [-0.1, -0.05) is 0 Å². The normalized spacial score (nSPS) is 52.1. The van der Waals surface area contributed by atoms with E-state index < -0.39 is 112 Å². The summed E-state index contributed by atoms with van der Waals surface area (Å²) >= 11 is 0. The summed E-state index contributed by atoms with van der Waals surface area (Å²) in [5, 5.41) is 109. The van der Waals surface area contributed by atoms with Crippen molar-refractivity contribution in [2.75, 3.05) is 26.4 Å². The average molecular weight is 504 g/mol. The number of aliphatic hydroxyl groups excluding tert-OH is 11. The van der Waals surface area contributed by atoms with Crippen LogP contribution in [0.2, 0.25) is 0 Å². The van der Waals surface area contributed by atoms with Crippen molar-refractivity contribution in [2.24, 2.45) is 0 Å². The number of ether oxygens (including phenoxy) is 5. The zero-order chi connectivity index (χ0) is 25.4. The van der Waals surface area contributed by atoms with Crippen molar-refractivity contribution in [3.8, 4) is 0 Å². The Balaban J connectivity index is 1.74. The highest BCUT2D eigenvalue weighted by molar-refractivity contribution is 4.99. The summed E-state index contributed by atoms with van der Waals surface area (Å²) in [7, 11) is 0. The van der Waals surface area contributed by atoms with Crippen LogP contribution in [0, 0.1) is 0 Å². The second kappa shape index (κ2) is 11.2. The summed E-state index contributed by atoms with van der Waals surface area (Å²) in [4.78, 5) is 0. The van der Waals surface area contributed by atoms with Gasteiger partial charge in [0.2, 0.25) is 5.79 Å². The first-order valence-electron chi connectivity index (χ1n) is 10.6. The third-order valence-corrected chi connectivity index (χ3v) is 6.18. The lowest BCUT2D eigenvalue weighted by molar-refractivity contribution is -0.398. The van der Waals surface area contributed by atoms with E-state index in [1.807, 2.05) is 0 Å². The molecule has 0 radical (unpaired) electrons. The molecule has 3 aliphatic rings. The van der Waals surface area contributed by atoms with Gasteiger partial charge in [0.25, 0.3) is 0 Å². The third-order valence-electron chi connectivity index (χ3n) is 6.18.